The molecular weight excluding hydrogens is 172 g/mol. The fraction of sp³-hybridized carbons (Fsp3) is 1.00. The Balaban J connectivity index is 2.41. The summed E-state index contributed by atoms with van der Waals surface area (Å²) in [5, 5.41) is 8.80. The highest BCUT2D eigenvalue weighted by molar-refractivity contribution is 7.86. The third-order valence-corrected chi connectivity index (χ3v) is 1.87. The van der Waals surface area contributed by atoms with Crippen molar-refractivity contribution in [2.45, 2.75) is 18.8 Å². The second kappa shape index (κ2) is 3.06. The van der Waals surface area contributed by atoms with Gasteiger partial charge in [-0.25, -0.2) is 0 Å². The number of rotatable bonds is 2. The molecule has 0 amide bonds. The van der Waals surface area contributed by atoms with Gasteiger partial charge in [-0.15, -0.1) is 0 Å². The molecule has 0 saturated carbocycles. The number of hydrogen-bond donors (Lipinski definition) is 1. The average Bonchev–Trinajstić information content (AvgIpc) is 2.10. The summed E-state index contributed by atoms with van der Waals surface area (Å²) >= 11 is 0. The maximum atomic E-state index is 10.5. The molecule has 0 aromatic rings. The van der Waals surface area contributed by atoms with Crippen LogP contribution < -0.4 is 0 Å². The summed E-state index contributed by atoms with van der Waals surface area (Å²) in [5.41, 5.74) is 0. The van der Waals surface area contributed by atoms with Crippen LogP contribution in [0.5, 0.6) is 0 Å². The zero-order valence-electron chi connectivity index (χ0n) is 6.06. The Labute approximate surface area is 65.0 Å². The summed E-state index contributed by atoms with van der Waals surface area (Å²) in [7, 11) is -3.42. The summed E-state index contributed by atoms with van der Waals surface area (Å²) in [5.74, 6) is 0. The fourth-order valence-corrected chi connectivity index (χ4v) is 1.52. The van der Waals surface area contributed by atoms with Crippen molar-refractivity contribution in [2.24, 2.45) is 0 Å². The molecule has 0 aromatic heterocycles. The molecule has 6 heteroatoms. The van der Waals surface area contributed by atoms with Crippen LogP contribution in [0.15, 0.2) is 0 Å². The summed E-state index contributed by atoms with van der Waals surface area (Å²) in [6.07, 6.45) is -0.230. The standard InChI is InChI=1S/C5H10O5S/c1-11(7,8)10-4-2-5(6)9-3-4/h4-6H,2-3H2,1H3. The minimum Gasteiger partial charge on any atom is -0.368 e. The predicted octanol–water partition coefficient (Wildman–Crippen LogP) is -0.930. The van der Waals surface area contributed by atoms with E-state index in [1.807, 2.05) is 0 Å². The Morgan fingerprint density at radius 2 is 2.27 bits per heavy atom. The van der Waals surface area contributed by atoms with E-state index in [-0.39, 0.29) is 13.0 Å². The van der Waals surface area contributed by atoms with Gasteiger partial charge >= 0.3 is 0 Å². The normalized spacial score (nSPS) is 32.5. The maximum absolute atomic E-state index is 10.5. The summed E-state index contributed by atoms with van der Waals surface area (Å²) in [6, 6.07) is 0. The monoisotopic (exact) mass is 182 g/mol. The van der Waals surface area contributed by atoms with Crippen LogP contribution in [0.3, 0.4) is 0 Å². The number of ether oxygens (including phenoxy) is 1. The minimum atomic E-state index is -3.42. The summed E-state index contributed by atoms with van der Waals surface area (Å²) < 4.78 is 30.3. The van der Waals surface area contributed by atoms with Gasteiger partial charge in [0.15, 0.2) is 6.29 Å². The average molecular weight is 182 g/mol. The van der Waals surface area contributed by atoms with Gasteiger partial charge < -0.3 is 9.84 Å². The van der Waals surface area contributed by atoms with Crippen LogP contribution >= 0.6 is 0 Å². The van der Waals surface area contributed by atoms with Gasteiger partial charge in [-0.2, -0.15) is 8.42 Å². The van der Waals surface area contributed by atoms with Crippen molar-refractivity contribution in [2.75, 3.05) is 12.9 Å². The van der Waals surface area contributed by atoms with Crippen molar-refractivity contribution in [3.63, 3.8) is 0 Å². The molecule has 2 atom stereocenters. The van der Waals surface area contributed by atoms with E-state index in [9.17, 15) is 8.42 Å². The van der Waals surface area contributed by atoms with Gasteiger partial charge in [0, 0.05) is 6.42 Å². The first-order valence-electron chi connectivity index (χ1n) is 3.15. The largest absolute Gasteiger partial charge is 0.368 e. The van der Waals surface area contributed by atoms with Crippen LogP contribution in [0.25, 0.3) is 0 Å². The molecule has 1 rings (SSSR count). The molecule has 1 aliphatic heterocycles. The molecule has 66 valence electrons. The van der Waals surface area contributed by atoms with Gasteiger partial charge in [0.2, 0.25) is 0 Å². The highest BCUT2D eigenvalue weighted by Crippen LogP contribution is 2.15. The second-order valence-electron chi connectivity index (χ2n) is 2.45. The highest BCUT2D eigenvalue weighted by Gasteiger charge is 2.26. The van der Waals surface area contributed by atoms with Crippen molar-refractivity contribution in [1.29, 1.82) is 0 Å². The Morgan fingerprint density at radius 3 is 2.64 bits per heavy atom. The molecule has 0 bridgehead atoms. The van der Waals surface area contributed by atoms with Crippen molar-refractivity contribution in [3.05, 3.63) is 0 Å². The van der Waals surface area contributed by atoms with E-state index in [2.05, 4.69) is 8.92 Å². The molecule has 0 spiro atoms. The van der Waals surface area contributed by atoms with Gasteiger partial charge in [0.25, 0.3) is 10.1 Å². The smallest absolute Gasteiger partial charge is 0.264 e. The topological polar surface area (TPSA) is 72.8 Å². The maximum Gasteiger partial charge on any atom is 0.264 e. The lowest BCUT2D eigenvalue weighted by Gasteiger charge is -2.05. The molecule has 5 nitrogen and oxygen atoms in total. The molecule has 0 aliphatic carbocycles. The van der Waals surface area contributed by atoms with Crippen LogP contribution in [0.1, 0.15) is 6.42 Å². The Hall–Kier alpha value is -0.170. The summed E-state index contributed by atoms with van der Waals surface area (Å²) in [4.78, 5) is 0. The number of aliphatic hydroxyl groups excluding tert-OH is 1. The first kappa shape index (κ1) is 8.92. The fourth-order valence-electron chi connectivity index (χ4n) is 0.894. The SMILES string of the molecule is CS(=O)(=O)OC1COC(O)C1. The van der Waals surface area contributed by atoms with Crippen LogP contribution in [-0.4, -0.2) is 38.8 Å². The molecule has 0 radical (unpaired) electrons. The van der Waals surface area contributed by atoms with Crippen molar-refractivity contribution >= 4 is 10.1 Å². The van der Waals surface area contributed by atoms with Crippen LogP contribution in [0, 0.1) is 0 Å². The molecule has 0 aromatic carbocycles. The molecule has 1 saturated heterocycles. The van der Waals surface area contributed by atoms with E-state index in [1.54, 1.807) is 0 Å². The lowest BCUT2D eigenvalue weighted by atomic mass is 10.3. The van der Waals surface area contributed by atoms with Gasteiger partial charge in [0.05, 0.1) is 12.9 Å². The van der Waals surface area contributed by atoms with Crippen LogP contribution in [0.2, 0.25) is 0 Å². The third kappa shape index (κ3) is 3.15. The third-order valence-electron chi connectivity index (χ3n) is 1.25. The Morgan fingerprint density at radius 1 is 1.64 bits per heavy atom. The highest BCUT2D eigenvalue weighted by atomic mass is 32.2. The van der Waals surface area contributed by atoms with Crippen LogP contribution in [-0.2, 0) is 19.0 Å². The van der Waals surface area contributed by atoms with Gasteiger partial charge in [-0.05, 0) is 0 Å². The molecule has 11 heavy (non-hydrogen) atoms. The quantitative estimate of drug-likeness (QED) is 0.558. The van der Waals surface area contributed by atoms with Crippen LogP contribution in [0.4, 0.5) is 0 Å². The minimum absolute atomic E-state index is 0.133. The van der Waals surface area contributed by atoms with E-state index in [0.29, 0.717) is 0 Å². The van der Waals surface area contributed by atoms with E-state index < -0.39 is 22.5 Å². The van der Waals surface area contributed by atoms with E-state index >= 15 is 0 Å². The lowest BCUT2D eigenvalue weighted by Crippen LogP contribution is -2.17. The van der Waals surface area contributed by atoms with E-state index in [4.69, 9.17) is 5.11 Å². The molecule has 1 aliphatic rings. The second-order valence-corrected chi connectivity index (χ2v) is 4.05. The first-order valence-corrected chi connectivity index (χ1v) is 4.97. The summed E-state index contributed by atoms with van der Waals surface area (Å²) in [6.45, 7) is 0.133. The molecule has 1 N–H and O–H groups in total. The number of aliphatic hydroxyl groups is 1. The van der Waals surface area contributed by atoms with Crippen molar-refractivity contribution in [3.8, 4) is 0 Å². The zero-order valence-corrected chi connectivity index (χ0v) is 6.87. The Bertz CT molecular complexity index is 221. The first-order chi connectivity index (χ1) is 4.97. The van der Waals surface area contributed by atoms with Gasteiger partial charge in [-0.3, -0.25) is 4.18 Å². The number of hydrogen-bond acceptors (Lipinski definition) is 5. The molecule has 2 unspecified atom stereocenters. The Kier molecular flexibility index (Phi) is 2.48. The van der Waals surface area contributed by atoms with Crippen molar-refractivity contribution in [1.82, 2.24) is 0 Å². The van der Waals surface area contributed by atoms with E-state index in [0.717, 1.165) is 6.26 Å². The zero-order chi connectivity index (χ0) is 8.48. The lowest BCUT2D eigenvalue weighted by molar-refractivity contribution is -0.0594. The molecular formula is C5H10O5S. The van der Waals surface area contributed by atoms with Crippen molar-refractivity contribution < 1.29 is 22.4 Å². The molecule has 1 heterocycles. The van der Waals surface area contributed by atoms with Gasteiger partial charge in [0.1, 0.15) is 6.10 Å². The van der Waals surface area contributed by atoms with E-state index in [1.165, 1.54) is 0 Å². The predicted molar refractivity (Wildman–Crippen MR) is 36.3 cm³/mol. The molecule has 1 fully saturated rings. The van der Waals surface area contributed by atoms with Gasteiger partial charge in [-0.1, -0.05) is 0 Å².